The Labute approximate surface area is 163 Å². The summed E-state index contributed by atoms with van der Waals surface area (Å²) in [7, 11) is 0. The lowest BCUT2D eigenvalue weighted by molar-refractivity contribution is -0.136. The van der Waals surface area contributed by atoms with Gasteiger partial charge in [-0.1, -0.05) is 30.3 Å². The van der Waals surface area contributed by atoms with Crippen LogP contribution in [0.1, 0.15) is 12.5 Å². The number of nitriles is 1. The van der Waals surface area contributed by atoms with E-state index in [4.69, 9.17) is 4.74 Å². The van der Waals surface area contributed by atoms with Crippen LogP contribution in [-0.2, 0) is 9.53 Å². The van der Waals surface area contributed by atoms with Crippen LogP contribution in [0.5, 0.6) is 0 Å². The Hall–Kier alpha value is -3.50. The molecule has 7 heteroatoms. The zero-order chi connectivity index (χ0) is 20.1. The highest BCUT2D eigenvalue weighted by Crippen LogP contribution is 2.06. The van der Waals surface area contributed by atoms with Crippen LogP contribution in [0.4, 0.5) is 4.39 Å². The molecule has 3 rings (SSSR count). The molecule has 5 nitrogen and oxygen atoms in total. The quantitative estimate of drug-likeness (QED) is 0.636. The number of esters is 1. The second kappa shape index (κ2) is 8.46. The molecule has 2 aromatic carbocycles. The highest BCUT2D eigenvalue weighted by molar-refractivity contribution is 7.07. The zero-order valence-electron chi connectivity index (χ0n) is 14.9. The molecule has 3 aromatic rings. The van der Waals surface area contributed by atoms with Crippen LogP contribution in [0.2, 0.25) is 0 Å². The van der Waals surface area contributed by atoms with Crippen LogP contribution in [0.25, 0.3) is 17.3 Å². The molecule has 0 aliphatic carbocycles. The van der Waals surface area contributed by atoms with Crippen LogP contribution in [0.3, 0.4) is 0 Å². The maximum absolute atomic E-state index is 13.1. The Morgan fingerprint density at radius 2 is 1.89 bits per heavy atom. The molecule has 140 valence electrons. The molecule has 0 saturated carbocycles. The lowest BCUT2D eigenvalue weighted by atomic mass is 10.2. The van der Waals surface area contributed by atoms with Crippen molar-refractivity contribution in [1.82, 2.24) is 4.57 Å². The third-order valence-corrected chi connectivity index (χ3v) is 4.90. The van der Waals surface area contributed by atoms with E-state index < -0.39 is 5.97 Å². The number of nitrogens with zero attached hydrogens (tertiary/aromatic N) is 2. The summed E-state index contributed by atoms with van der Waals surface area (Å²) in [6, 6.07) is 16.2. The largest absolute Gasteiger partial charge is 0.462 e. The predicted octanol–water partition coefficient (Wildman–Crippen LogP) is 2.10. The molecule has 0 spiro atoms. The van der Waals surface area contributed by atoms with Crippen molar-refractivity contribution in [1.29, 1.82) is 5.26 Å². The van der Waals surface area contributed by atoms with E-state index in [-0.39, 0.29) is 28.2 Å². The first-order valence-corrected chi connectivity index (χ1v) is 9.23. The Morgan fingerprint density at radius 3 is 2.50 bits per heavy atom. The first-order chi connectivity index (χ1) is 13.5. The van der Waals surface area contributed by atoms with E-state index in [1.807, 2.05) is 6.07 Å². The number of carbonyl (C=O) groups excluding carboxylic acids is 1. The van der Waals surface area contributed by atoms with Crippen LogP contribution in [0, 0.1) is 17.1 Å². The normalized spacial score (nSPS) is 12.4. The SMILES string of the molecule is CCOC(=O)/C(C#N)=c1/s/c(=C/c2ccc(F)cc2)c(=O)n1-c1ccccc1. The molecule has 0 aliphatic rings. The number of thiazole rings is 1. The Bertz CT molecular complexity index is 1220. The summed E-state index contributed by atoms with van der Waals surface area (Å²) < 4.78 is 19.9. The number of hydrogen-bond acceptors (Lipinski definition) is 5. The fraction of sp³-hybridized carbons (Fsp3) is 0.0952. The number of aromatic nitrogens is 1. The van der Waals surface area contributed by atoms with E-state index in [2.05, 4.69) is 0 Å². The predicted molar refractivity (Wildman–Crippen MR) is 105 cm³/mol. The summed E-state index contributed by atoms with van der Waals surface area (Å²) >= 11 is 1.01. The van der Waals surface area contributed by atoms with Crippen LogP contribution in [-0.4, -0.2) is 17.1 Å². The Kier molecular flexibility index (Phi) is 5.82. The van der Waals surface area contributed by atoms with E-state index >= 15 is 0 Å². The topological polar surface area (TPSA) is 72.1 Å². The molecule has 0 N–H and O–H groups in total. The maximum Gasteiger partial charge on any atom is 0.351 e. The van der Waals surface area contributed by atoms with Crippen molar-refractivity contribution in [3.05, 3.63) is 85.5 Å². The van der Waals surface area contributed by atoms with Crippen molar-refractivity contribution in [2.24, 2.45) is 0 Å². The summed E-state index contributed by atoms with van der Waals surface area (Å²) in [4.78, 5) is 25.3. The number of ether oxygens (including phenoxy) is 1. The molecule has 28 heavy (non-hydrogen) atoms. The van der Waals surface area contributed by atoms with Gasteiger partial charge in [-0.05, 0) is 42.8 Å². The van der Waals surface area contributed by atoms with Gasteiger partial charge in [-0.15, -0.1) is 11.3 Å². The lowest BCUT2D eigenvalue weighted by Gasteiger charge is -2.03. The van der Waals surface area contributed by atoms with Gasteiger partial charge < -0.3 is 4.74 Å². The van der Waals surface area contributed by atoms with Gasteiger partial charge in [0, 0.05) is 0 Å². The van der Waals surface area contributed by atoms with Crippen molar-refractivity contribution in [3.63, 3.8) is 0 Å². The van der Waals surface area contributed by atoms with Gasteiger partial charge in [0.05, 0.1) is 16.8 Å². The van der Waals surface area contributed by atoms with Gasteiger partial charge in [-0.3, -0.25) is 9.36 Å². The van der Waals surface area contributed by atoms with Crippen molar-refractivity contribution in [2.75, 3.05) is 6.61 Å². The van der Waals surface area contributed by atoms with Gasteiger partial charge in [0.2, 0.25) is 0 Å². The van der Waals surface area contributed by atoms with Gasteiger partial charge in [0.1, 0.15) is 16.5 Å². The average Bonchev–Trinajstić information content (AvgIpc) is 3.01. The number of para-hydroxylation sites is 1. The van der Waals surface area contributed by atoms with Crippen LogP contribution in [0.15, 0.2) is 59.4 Å². The van der Waals surface area contributed by atoms with Crippen LogP contribution >= 0.6 is 11.3 Å². The number of benzene rings is 2. The summed E-state index contributed by atoms with van der Waals surface area (Å²) in [5, 5.41) is 9.52. The lowest BCUT2D eigenvalue weighted by Crippen LogP contribution is -2.31. The van der Waals surface area contributed by atoms with E-state index in [0.29, 0.717) is 15.8 Å². The Morgan fingerprint density at radius 1 is 1.21 bits per heavy atom. The molecule has 0 bridgehead atoms. The Balaban J connectivity index is 2.36. The summed E-state index contributed by atoms with van der Waals surface area (Å²) in [5.74, 6) is -1.17. The maximum atomic E-state index is 13.1. The van der Waals surface area contributed by atoms with Gasteiger partial charge in [0.15, 0.2) is 5.57 Å². The van der Waals surface area contributed by atoms with Crippen LogP contribution < -0.4 is 14.8 Å². The fourth-order valence-electron chi connectivity index (χ4n) is 2.56. The van der Waals surface area contributed by atoms with Crippen molar-refractivity contribution >= 4 is 29.0 Å². The molecular formula is C21H15FN2O3S. The molecule has 0 radical (unpaired) electrons. The summed E-state index contributed by atoms with van der Waals surface area (Å²) in [6.45, 7) is 1.75. The third kappa shape index (κ3) is 3.92. The zero-order valence-corrected chi connectivity index (χ0v) is 15.7. The molecule has 0 unspecified atom stereocenters. The monoisotopic (exact) mass is 394 g/mol. The van der Waals surface area contributed by atoms with E-state index in [1.165, 1.54) is 16.7 Å². The molecule has 0 aliphatic heterocycles. The summed E-state index contributed by atoms with van der Waals surface area (Å²) in [6.07, 6.45) is 1.59. The first-order valence-electron chi connectivity index (χ1n) is 8.41. The fourth-order valence-corrected chi connectivity index (χ4v) is 3.65. The average molecular weight is 394 g/mol. The minimum atomic E-state index is -0.788. The van der Waals surface area contributed by atoms with Gasteiger partial charge >= 0.3 is 5.97 Å². The third-order valence-electron chi connectivity index (χ3n) is 3.81. The number of rotatable bonds is 4. The first kappa shape index (κ1) is 19.3. The van der Waals surface area contributed by atoms with E-state index in [9.17, 15) is 19.2 Å². The smallest absolute Gasteiger partial charge is 0.351 e. The van der Waals surface area contributed by atoms with Gasteiger partial charge in [-0.2, -0.15) is 5.26 Å². The second-order valence-corrected chi connectivity index (χ2v) is 6.68. The number of hydrogen-bond donors (Lipinski definition) is 0. The molecule has 0 saturated heterocycles. The number of halogens is 1. The minimum absolute atomic E-state index is 0.111. The van der Waals surface area contributed by atoms with Crippen molar-refractivity contribution in [2.45, 2.75) is 6.92 Å². The minimum Gasteiger partial charge on any atom is -0.462 e. The van der Waals surface area contributed by atoms with Gasteiger partial charge in [-0.25, -0.2) is 9.18 Å². The molecular weight excluding hydrogens is 379 g/mol. The van der Waals surface area contributed by atoms with Crippen molar-refractivity contribution < 1.29 is 13.9 Å². The van der Waals surface area contributed by atoms with Crippen molar-refractivity contribution in [3.8, 4) is 11.8 Å². The van der Waals surface area contributed by atoms with E-state index in [1.54, 1.807) is 55.5 Å². The summed E-state index contributed by atoms with van der Waals surface area (Å²) in [5.41, 5.74) is 0.523. The molecule has 1 heterocycles. The molecule has 0 amide bonds. The molecule has 0 atom stereocenters. The highest BCUT2D eigenvalue weighted by Gasteiger charge is 2.17. The standard InChI is InChI=1S/C21H15FN2O3S/c1-2-27-21(26)17(13-23)20-24(16-6-4-3-5-7-16)19(25)18(28-20)12-14-8-10-15(22)11-9-14/h3-12H,2H2,1H3/b18-12+,20-17+. The molecule has 0 fully saturated rings. The highest BCUT2D eigenvalue weighted by atomic mass is 32.1. The number of carbonyl (C=O) groups is 1. The second-order valence-electron chi connectivity index (χ2n) is 5.65. The molecule has 1 aromatic heterocycles. The van der Waals surface area contributed by atoms with Gasteiger partial charge in [0.25, 0.3) is 5.56 Å². The van der Waals surface area contributed by atoms with E-state index in [0.717, 1.165) is 11.3 Å².